The number of carbonyl (C=O) groups is 2. The molecule has 0 aliphatic carbocycles. The molecule has 0 radical (unpaired) electrons. The number of hydrogen-bond acceptors (Lipinski definition) is 6. The Kier molecular flexibility index (Phi) is 5.13. The Morgan fingerprint density at radius 3 is 2.69 bits per heavy atom. The molecule has 0 fully saturated rings. The van der Waals surface area contributed by atoms with E-state index in [1.54, 1.807) is 0 Å². The van der Waals surface area contributed by atoms with Crippen LogP contribution in [0.1, 0.15) is 11.1 Å². The van der Waals surface area contributed by atoms with Crippen molar-refractivity contribution < 1.29 is 14.7 Å². The standard InChI is InChI=1S/C18H18N4O3S/c1-10-3-4-12(5-11(10)2)13-8-26-18-16(13)17(21-9-22-18)20-6-14(23)19-7-15(24)25/h3-5,8-9H,6-7H2,1-2H3,(H,19,23)(H,24,25)(H,20,21,22). The summed E-state index contributed by atoms with van der Waals surface area (Å²) in [4.78, 5) is 31.7. The SMILES string of the molecule is Cc1ccc(-c2csc3ncnc(NCC(=O)NCC(=O)O)c23)cc1C. The van der Waals surface area contributed by atoms with Gasteiger partial charge in [0.2, 0.25) is 5.91 Å². The van der Waals surface area contributed by atoms with Crippen molar-refractivity contribution in [3.63, 3.8) is 0 Å². The van der Waals surface area contributed by atoms with Crippen molar-refractivity contribution in [3.05, 3.63) is 41.0 Å². The van der Waals surface area contributed by atoms with Crippen LogP contribution in [0.4, 0.5) is 5.82 Å². The predicted octanol–water partition coefficient (Wildman–Crippen LogP) is 2.59. The number of aryl methyl sites for hydroxylation is 2. The number of thiophene rings is 1. The summed E-state index contributed by atoms with van der Waals surface area (Å²) < 4.78 is 0. The minimum Gasteiger partial charge on any atom is -0.480 e. The Hall–Kier alpha value is -3.00. The number of aliphatic carboxylic acids is 1. The van der Waals surface area contributed by atoms with Crippen LogP contribution in [0.5, 0.6) is 0 Å². The zero-order valence-corrected chi connectivity index (χ0v) is 15.2. The highest BCUT2D eigenvalue weighted by atomic mass is 32.1. The second-order valence-corrected chi connectivity index (χ2v) is 6.73. The van der Waals surface area contributed by atoms with Crippen molar-refractivity contribution in [2.45, 2.75) is 13.8 Å². The number of carbonyl (C=O) groups excluding carboxylic acids is 1. The van der Waals surface area contributed by atoms with Crippen molar-refractivity contribution in [3.8, 4) is 11.1 Å². The van der Waals surface area contributed by atoms with Crippen LogP contribution in [0.25, 0.3) is 21.3 Å². The van der Waals surface area contributed by atoms with E-state index in [-0.39, 0.29) is 6.54 Å². The second kappa shape index (κ2) is 7.49. The number of carboxylic acids is 1. The Labute approximate surface area is 154 Å². The van der Waals surface area contributed by atoms with Crippen LogP contribution in [0.2, 0.25) is 0 Å². The molecule has 0 aliphatic rings. The van der Waals surface area contributed by atoms with Crippen molar-refractivity contribution in [2.75, 3.05) is 18.4 Å². The lowest BCUT2D eigenvalue weighted by atomic mass is 10.0. The predicted molar refractivity (Wildman–Crippen MR) is 101 cm³/mol. The third kappa shape index (κ3) is 3.80. The van der Waals surface area contributed by atoms with Gasteiger partial charge in [-0.15, -0.1) is 11.3 Å². The summed E-state index contributed by atoms with van der Waals surface area (Å²) in [6.45, 7) is 3.65. The van der Waals surface area contributed by atoms with Gasteiger partial charge < -0.3 is 15.7 Å². The molecule has 8 heteroatoms. The molecule has 3 rings (SSSR count). The molecule has 3 aromatic rings. The summed E-state index contributed by atoms with van der Waals surface area (Å²) in [5.41, 5.74) is 4.48. The molecular weight excluding hydrogens is 352 g/mol. The molecule has 2 aromatic heterocycles. The van der Waals surface area contributed by atoms with Crippen LogP contribution >= 0.6 is 11.3 Å². The van der Waals surface area contributed by atoms with Gasteiger partial charge in [0.25, 0.3) is 0 Å². The highest BCUT2D eigenvalue weighted by Crippen LogP contribution is 2.36. The van der Waals surface area contributed by atoms with E-state index in [0.29, 0.717) is 5.82 Å². The summed E-state index contributed by atoms with van der Waals surface area (Å²) in [5.74, 6) is -0.949. The largest absolute Gasteiger partial charge is 0.480 e. The van der Waals surface area contributed by atoms with Crippen LogP contribution in [0.3, 0.4) is 0 Å². The average Bonchev–Trinajstić information content (AvgIpc) is 3.05. The first-order chi connectivity index (χ1) is 12.5. The van der Waals surface area contributed by atoms with Gasteiger partial charge in [-0.1, -0.05) is 18.2 Å². The van der Waals surface area contributed by atoms with E-state index < -0.39 is 18.4 Å². The lowest BCUT2D eigenvalue weighted by Gasteiger charge is -2.09. The molecule has 1 aromatic carbocycles. The average molecular weight is 370 g/mol. The summed E-state index contributed by atoms with van der Waals surface area (Å²) in [7, 11) is 0. The van der Waals surface area contributed by atoms with Gasteiger partial charge >= 0.3 is 5.97 Å². The molecule has 0 atom stereocenters. The third-order valence-electron chi connectivity index (χ3n) is 4.04. The Balaban J connectivity index is 1.89. The molecular formula is C18H18N4O3S. The minimum atomic E-state index is -1.09. The van der Waals surface area contributed by atoms with Gasteiger partial charge in [-0.05, 0) is 30.5 Å². The number of nitrogens with zero attached hydrogens (tertiary/aromatic N) is 2. The highest BCUT2D eigenvalue weighted by molar-refractivity contribution is 7.17. The van der Waals surface area contributed by atoms with Gasteiger partial charge in [-0.2, -0.15) is 0 Å². The number of fused-ring (bicyclic) bond motifs is 1. The number of carboxylic acid groups (broad SMARTS) is 1. The van der Waals surface area contributed by atoms with Crippen molar-refractivity contribution in [1.82, 2.24) is 15.3 Å². The molecule has 3 N–H and O–H groups in total. The highest BCUT2D eigenvalue weighted by Gasteiger charge is 2.14. The number of hydrogen-bond donors (Lipinski definition) is 3. The van der Waals surface area contributed by atoms with Gasteiger partial charge in [-0.3, -0.25) is 9.59 Å². The lowest BCUT2D eigenvalue weighted by molar-refractivity contribution is -0.137. The molecule has 26 heavy (non-hydrogen) atoms. The second-order valence-electron chi connectivity index (χ2n) is 5.87. The fraction of sp³-hybridized carbons (Fsp3) is 0.222. The van der Waals surface area contributed by atoms with E-state index in [4.69, 9.17) is 5.11 Å². The van der Waals surface area contributed by atoms with E-state index in [9.17, 15) is 9.59 Å². The molecule has 1 amide bonds. The first kappa shape index (κ1) is 17.8. The van der Waals surface area contributed by atoms with Gasteiger partial charge in [-0.25, -0.2) is 9.97 Å². The van der Waals surface area contributed by atoms with E-state index in [0.717, 1.165) is 21.3 Å². The third-order valence-corrected chi connectivity index (χ3v) is 4.93. The molecule has 0 bridgehead atoms. The topological polar surface area (TPSA) is 104 Å². The first-order valence-corrected chi connectivity index (χ1v) is 8.86. The maximum atomic E-state index is 11.8. The molecule has 0 saturated heterocycles. The Morgan fingerprint density at radius 2 is 1.96 bits per heavy atom. The van der Waals surface area contributed by atoms with Crippen LogP contribution < -0.4 is 10.6 Å². The Morgan fingerprint density at radius 1 is 1.15 bits per heavy atom. The smallest absolute Gasteiger partial charge is 0.322 e. The van der Waals surface area contributed by atoms with Crippen molar-refractivity contribution in [2.24, 2.45) is 0 Å². The van der Waals surface area contributed by atoms with Gasteiger partial charge in [0.05, 0.1) is 11.9 Å². The zero-order chi connectivity index (χ0) is 18.7. The summed E-state index contributed by atoms with van der Waals surface area (Å²) in [5, 5.41) is 16.8. The van der Waals surface area contributed by atoms with Crippen LogP contribution in [0.15, 0.2) is 29.9 Å². The molecule has 0 aliphatic heterocycles. The van der Waals surface area contributed by atoms with E-state index in [1.807, 2.05) is 5.38 Å². The Bertz CT molecular complexity index is 984. The van der Waals surface area contributed by atoms with E-state index in [1.165, 1.54) is 28.8 Å². The van der Waals surface area contributed by atoms with Gasteiger partial charge in [0.1, 0.15) is 23.5 Å². The van der Waals surface area contributed by atoms with E-state index >= 15 is 0 Å². The fourth-order valence-electron chi connectivity index (χ4n) is 2.53. The fourth-order valence-corrected chi connectivity index (χ4v) is 3.45. The molecule has 0 saturated carbocycles. The number of aromatic nitrogens is 2. The summed E-state index contributed by atoms with van der Waals surface area (Å²) in [6, 6.07) is 6.25. The molecule has 2 heterocycles. The summed E-state index contributed by atoms with van der Waals surface area (Å²) in [6.07, 6.45) is 1.44. The first-order valence-electron chi connectivity index (χ1n) is 7.98. The number of nitrogens with one attached hydrogen (secondary N) is 2. The van der Waals surface area contributed by atoms with Crippen LogP contribution in [0, 0.1) is 13.8 Å². The number of benzene rings is 1. The molecule has 0 unspecified atom stereocenters. The monoisotopic (exact) mass is 370 g/mol. The van der Waals surface area contributed by atoms with Crippen molar-refractivity contribution in [1.29, 1.82) is 0 Å². The molecule has 134 valence electrons. The summed E-state index contributed by atoms with van der Waals surface area (Å²) >= 11 is 1.51. The van der Waals surface area contributed by atoms with Crippen LogP contribution in [-0.2, 0) is 9.59 Å². The van der Waals surface area contributed by atoms with E-state index in [2.05, 4.69) is 52.6 Å². The number of amides is 1. The van der Waals surface area contributed by atoms with Gasteiger partial charge in [0, 0.05) is 10.9 Å². The van der Waals surface area contributed by atoms with Crippen LogP contribution in [-0.4, -0.2) is 40.0 Å². The minimum absolute atomic E-state index is 0.0679. The van der Waals surface area contributed by atoms with Gasteiger partial charge in [0.15, 0.2) is 0 Å². The number of rotatable bonds is 6. The number of anilines is 1. The molecule has 0 spiro atoms. The lowest BCUT2D eigenvalue weighted by Crippen LogP contribution is -2.34. The molecule has 7 nitrogen and oxygen atoms in total. The normalized spacial score (nSPS) is 10.7. The zero-order valence-electron chi connectivity index (χ0n) is 14.4. The van der Waals surface area contributed by atoms with Crippen molar-refractivity contribution >= 4 is 39.2 Å². The maximum Gasteiger partial charge on any atom is 0.322 e. The quantitative estimate of drug-likeness (QED) is 0.616. The maximum absolute atomic E-state index is 11.8.